The quantitative estimate of drug-likeness (QED) is 0.845. The van der Waals surface area contributed by atoms with Crippen LogP contribution >= 0.6 is 11.6 Å². The lowest BCUT2D eigenvalue weighted by molar-refractivity contribution is -0.145. The largest absolute Gasteiger partial charge is 0.469 e. The molecule has 0 aliphatic rings. The fourth-order valence-electron chi connectivity index (χ4n) is 1.37. The second-order valence-electron chi connectivity index (χ2n) is 3.87. The minimum Gasteiger partial charge on any atom is -0.469 e. The number of halogens is 2. The Bertz CT molecular complexity index is 411. The first-order valence-corrected chi connectivity index (χ1v) is 5.63. The molecule has 0 saturated heterocycles. The van der Waals surface area contributed by atoms with Crippen LogP contribution in [0.3, 0.4) is 0 Å². The van der Waals surface area contributed by atoms with Crippen LogP contribution in [-0.4, -0.2) is 19.1 Å². The van der Waals surface area contributed by atoms with Gasteiger partial charge >= 0.3 is 5.97 Å². The number of carbonyl (C=O) groups excluding carboxylic acids is 1. The molecular weight excluding hydrogens is 245 g/mol. The van der Waals surface area contributed by atoms with Gasteiger partial charge in [-0.25, -0.2) is 4.39 Å². The summed E-state index contributed by atoms with van der Waals surface area (Å²) in [4.78, 5) is 11.3. The standard InChI is InChI=1S/C12H15ClFNO2/c1-7(12(16)17-3)8(2)15-11-5-4-9(14)6-10(11)13/h4-8,15H,1-3H3. The summed E-state index contributed by atoms with van der Waals surface area (Å²) in [6.07, 6.45) is 0. The molecule has 0 bridgehead atoms. The van der Waals surface area contributed by atoms with E-state index in [1.807, 2.05) is 6.92 Å². The molecule has 94 valence electrons. The monoisotopic (exact) mass is 259 g/mol. The van der Waals surface area contributed by atoms with Crippen molar-refractivity contribution < 1.29 is 13.9 Å². The summed E-state index contributed by atoms with van der Waals surface area (Å²) in [5, 5.41) is 3.34. The van der Waals surface area contributed by atoms with Crippen LogP contribution < -0.4 is 5.32 Å². The van der Waals surface area contributed by atoms with Crippen LogP contribution in [-0.2, 0) is 9.53 Å². The SMILES string of the molecule is COC(=O)C(C)C(C)Nc1ccc(F)cc1Cl. The van der Waals surface area contributed by atoms with Crippen LogP contribution in [0.5, 0.6) is 0 Å². The van der Waals surface area contributed by atoms with Crippen molar-refractivity contribution in [3.8, 4) is 0 Å². The van der Waals surface area contributed by atoms with Gasteiger partial charge in [0, 0.05) is 6.04 Å². The zero-order valence-electron chi connectivity index (χ0n) is 9.96. The predicted octanol–water partition coefficient (Wildman–Crippen LogP) is 3.09. The smallest absolute Gasteiger partial charge is 0.310 e. The van der Waals surface area contributed by atoms with Gasteiger partial charge in [0.15, 0.2) is 0 Å². The highest BCUT2D eigenvalue weighted by Gasteiger charge is 2.21. The number of ether oxygens (including phenoxy) is 1. The Balaban J connectivity index is 2.74. The Hall–Kier alpha value is -1.29. The van der Waals surface area contributed by atoms with Gasteiger partial charge in [-0.05, 0) is 32.0 Å². The van der Waals surface area contributed by atoms with Gasteiger partial charge in [0.25, 0.3) is 0 Å². The molecule has 0 aliphatic carbocycles. The molecule has 0 aromatic heterocycles. The molecule has 0 aliphatic heterocycles. The lowest BCUT2D eigenvalue weighted by Gasteiger charge is -2.21. The molecule has 2 atom stereocenters. The fraction of sp³-hybridized carbons (Fsp3) is 0.417. The minimum absolute atomic E-state index is 0.162. The lowest BCUT2D eigenvalue weighted by atomic mass is 10.0. The molecule has 1 aromatic rings. The summed E-state index contributed by atoms with van der Waals surface area (Å²) in [6.45, 7) is 3.59. The van der Waals surface area contributed by atoms with Crippen molar-refractivity contribution in [3.05, 3.63) is 29.0 Å². The van der Waals surface area contributed by atoms with E-state index in [0.717, 1.165) is 0 Å². The molecule has 0 fully saturated rings. The van der Waals surface area contributed by atoms with Crippen molar-refractivity contribution in [3.63, 3.8) is 0 Å². The second-order valence-corrected chi connectivity index (χ2v) is 4.28. The Kier molecular flexibility index (Phi) is 4.75. The summed E-state index contributed by atoms with van der Waals surface area (Å²) < 4.78 is 17.5. The molecule has 5 heteroatoms. The highest BCUT2D eigenvalue weighted by atomic mass is 35.5. The maximum Gasteiger partial charge on any atom is 0.310 e. The minimum atomic E-state index is -0.394. The molecule has 2 unspecified atom stereocenters. The summed E-state index contributed by atoms with van der Waals surface area (Å²) in [6, 6.07) is 3.91. The van der Waals surface area contributed by atoms with Gasteiger partial charge in [-0.1, -0.05) is 11.6 Å². The van der Waals surface area contributed by atoms with Crippen molar-refractivity contribution in [2.75, 3.05) is 12.4 Å². The Morgan fingerprint density at radius 2 is 2.12 bits per heavy atom. The van der Waals surface area contributed by atoms with Gasteiger partial charge in [0.05, 0.1) is 23.7 Å². The molecule has 0 radical (unpaired) electrons. The number of methoxy groups -OCH3 is 1. The maximum absolute atomic E-state index is 12.8. The molecule has 1 rings (SSSR count). The van der Waals surface area contributed by atoms with E-state index in [1.54, 1.807) is 6.92 Å². The van der Waals surface area contributed by atoms with E-state index in [-0.39, 0.29) is 23.0 Å². The van der Waals surface area contributed by atoms with Crippen LogP contribution in [0.15, 0.2) is 18.2 Å². The van der Waals surface area contributed by atoms with Crippen molar-refractivity contribution in [2.24, 2.45) is 5.92 Å². The van der Waals surface area contributed by atoms with Crippen molar-refractivity contribution >= 4 is 23.3 Å². The zero-order chi connectivity index (χ0) is 13.0. The highest BCUT2D eigenvalue weighted by molar-refractivity contribution is 6.33. The van der Waals surface area contributed by atoms with E-state index in [1.165, 1.54) is 25.3 Å². The first-order chi connectivity index (χ1) is 7.95. The molecule has 0 spiro atoms. The van der Waals surface area contributed by atoms with Gasteiger partial charge < -0.3 is 10.1 Å². The molecular formula is C12H15ClFNO2. The lowest BCUT2D eigenvalue weighted by Crippen LogP contribution is -2.30. The molecule has 1 N–H and O–H groups in total. The number of anilines is 1. The van der Waals surface area contributed by atoms with E-state index in [4.69, 9.17) is 11.6 Å². The fourth-order valence-corrected chi connectivity index (χ4v) is 1.59. The third-order valence-corrected chi connectivity index (χ3v) is 2.95. The first-order valence-electron chi connectivity index (χ1n) is 5.25. The number of hydrogen-bond acceptors (Lipinski definition) is 3. The number of nitrogens with one attached hydrogen (secondary N) is 1. The van der Waals surface area contributed by atoms with Crippen LogP contribution in [0.25, 0.3) is 0 Å². The Labute approximate surface area is 105 Å². The molecule has 0 amide bonds. The van der Waals surface area contributed by atoms with E-state index in [0.29, 0.717) is 5.69 Å². The van der Waals surface area contributed by atoms with E-state index < -0.39 is 5.82 Å². The second kappa shape index (κ2) is 5.87. The third kappa shape index (κ3) is 3.60. The van der Waals surface area contributed by atoms with Crippen molar-refractivity contribution in [1.29, 1.82) is 0 Å². The Morgan fingerprint density at radius 1 is 1.47 bits per heavy atom. The number of carbonyl (C=O) groups is 1. The third-order valence-electron chi connectivity index (χ3n) is 2.64. The molecule has 0 heterocycles. The summed E-state index contributed by atoms with van der Waals surface area (Å²) >= 11 is 5.87. The molecule has 1 aromatic carbocycles. The number of esters is 1. The molecule has 0 saturated carbocycles. The molecule has 3 nitrogen and oxygen atoms in total. The van der Waals surface area contributed by atoms with E-state index in [2.05, 4.69) is 10.1 Å². The van der Waals surface area contributed by atoms with Gasteiger partial charge in [-0.15, -0.1) is 0 Å². The zero-order valence-corrected chi connectivity index (χ0v) is 10.7. The topological polar surface area (TPSA) is 38.3 Å². The van der Waals surface area contributed by atoms with Crippen LogP contribution in [0.2, 0.25) is 5.02 Å². The van der Waals surface area contributed by atoms with E-state index >= 15 is 0 Å². The van der Waals surface area contributed by atoms with Gasteiger partial charge in [0.1, 0.15) is 5.82 Å². The van der Waals surface area contributed by atoms with Crippen molar-refractivity contribution in [2.45, 2.75) is 19.9 Å². The predicted molar refractivity (Wildman–Crippen MR) is 65.7 cm³/mol. The maximum atomic E-state index is 12.8. The Morgan fingerprint density at radius 3 is 2.65 bits per heavy atom. The first kappa shape index (κ1) is 13.8. The van der Waals surface area contributed by atoms with Gasteiger partial charge in [-0.3, -0.25) is 4.79 Å². The highest BCUT2D eigenvalue weighted by Crippen LogP contribution is 2.24. The van der Waals surface area contributed by atoms with Crippen LogP contribution in [0, 0.1) is 11.7 Å². The van der Waals surface area contributed by atoms with E-state index in [9.17, 15) is 9.18 Å². The number of rotatable bonds is 4. The summed E-state index contributed by atoms with van der Waals surface area (Å²) in [5.41, 5.74) is 0.594. The average molecular weight is 260 g/mol. The van der Waals surface area contributed by atoms with Crippen LogP contribution in [0.4, 0.5) is 10.1 Å². The van der Waals surface area contributed by atoms with Crippen LogP contribution in [0.1, 0.15) is 13.8 Å². The summed E-state index contributed by atoms with van der Waals surface area (Å²) in [5.74, 6) is -1.02. The number of benzene rings is 1. The van der Waals surface area contributed by atoms with Gasteiger partial charge in [0.2, 0.25) is 0 Å². The van der Waals surface area contributed by atoms with Gasteiger partial charge in [-0.2, -0.15) is 0 Å². The number of hydrogen-bond donors (Lipinski definition) is 1. The van der Waals surface area contributed by atoms with Crippen molar-refractivity contribution in [1.82, 2.24) is 0 Å². The normalized spacial score (nSPS) is 13.9. The summed E-state index contributed by atoms with van der Waals surface area (Å²) in [7, 11) is 1.34. The average Bonchev–Trinajstić information content (AvgIpc) is 2.30. The molecule has 17 heavy (non-hydrogen) atoms.